The summed E-state index contributed by atoms with van der Waals surface area (Å²) >= 11 is 0. The molecule has 0 fully saturated rings. The highest BCUT2D eigenvalue weighted by atomic mass is 16.5. The lowest BCUT2D eigenvalue weighted by molar-refractivity contribution is 0.296. The van der Waals surface area contributed by atoms with Crippen LogP contribution in [0.4, 0.5) is 34.3 Å². The summed E-state index contributed by atoms with van der Waals surface area (Å²) in [6.45, 7) is 29.6. The number of hydrogen-bond donors (Lipinski definition) is 0. The molecule has 0 amide bonds. The fraction of sp³-hybridized carbons (Fsp3) is 0.396. The van der Waals surface area contributed by atoms with Gasteiger partial charge in [-0.05, 0) is 125 Å². The van der Waals surface area contributed by atoms with E-state index in [0.29, 0.717) is 26.4 Å². The fourth-order valence-corrected chi connectivity index (χ4v) is 10.2. The van der Waals surface area contributed by atoms with E-state index in [0.717, 1.165) is 86.3 Å². The van der Waals surface area contributed by atoms with Crippen molar-refractivity contribution in [3.8, 4) is 23.0 Å². The molecule has 6 aromatic rings. The molecule has 0 bridgehead atoms. The highest BCUT2D eigenvalue weighted by molar-refractivity contribution is 7.01. The lowest BCUT2D eigenvalue weighted by atomic mass is 9.33. The van der Waals surface area contributed by atoms with Gasteiger partial charge in [-0.25, -0.2) is 0 Å². The van der Waals surface area contributed by atoms with Crippen molar-refractivity contribution in [2.24, 2.45) is 0 Å². The van der Waals surface area contributed by atoms with Crippen LogP contribution in [0.25, 0.3) is 11.0 Å². The van der Waals surface area contributed by atoms with Crippen molar-refractivity contribution in [2.75, 3.05) is 36.2 Å². The summed E-state index contributed by atoms with van der Waals surface area (Å²) in [7, 11) is 0. The Morgan fingerprint density at radius 3 is 1.80 bits per heavy atom. The molecule has 1 aromatic heterocycles. The van der Waals surface area contributed by atoms with Gasteiger partial charge in [0.05, 0.1) is 37.8 Å². The number of anilines is 6. The number of fused-ring (bicyclic) bond motifs is 8. The second-order valence-corrected chi connectivity index (χ2v) is 20.2. The summed E-state index contributed by atoms with van der Waals surface area (Å²) in [5, 5.41) is 1.13. The Bertz CT molecular complexity index is 2760. The van der Waals surface area contributed by atoms with Crippen molar-refractivity contribution in [3.05, 3.63) is 99.6 Å². The first-order valence-electron chi connectivity index (χ1n) is 22.3. The number of furan rings is 1. The summed E-state index contributed by atoms with van der Waals surface area (Å²) in [6.07, 6.45) is 1.67. The minimum absolute atomic E-state index is 0.00168. The first-order chi connectivity index (χ1) is 29.0. The molecule has 5 heterocycles. The Labute approximate surface area is 362 Å². The maximum Gasteiger partial charge on any atom is 0.257 e. The predicted molar refractivity (Wildman–Crippen MR) is 252 cm³/mol. The zero-order chi connectivity index (χ0) is 42.9. The van der Waals surface area contributed by atoms with Gasteiger partial charge < -0.3 is 28.3 Å². The molecule has 0 N–H and O–H groups in total. The quantitative estimate of drug-likeness (QED) is 0.165. The van der Waals surface area contributed by atoms with Crippen LogP contribution in [0.5, 0.6) is 23.0 Å². The monoisotopic (exact) mass is 814 g/mol. The molecule has 4 aliphatic rings. The molecule has 0 unspecified atom stereocenters. The molecule has 7 nitrogen and oxygen atoms in total. The van der Waals surface area contributed by atoms with E-state index in [4.69, 9.17) is 23.4 Å². The van der Waals surface area contributed by atoms with E-state index in [2.05, 4.69) is 154 Å². The maximum absolute atomic E-state index is 7.28. The first kappa shape index (κ1) is 39.6. The van der Waals surface area contributed by atoms with Crippen molar-refractivity contribution in [1.82, 2.24) is 0 Å². The maximum atomic E-state index is 7.28. The molecule has 314 valence electrons. The van der Waals surface area contributed by atoms with Gasteiger partial charge >= 0.3 is 0 Å². The van der Waals surface area contributed by atoms with Crippen molar-refractivity contribution in [3.63, 3.8) is 0 Å². The van der Waals surface area contributed by atoms with Crippen molar-refractivity contribution >= 4 is 68.4 Å². The number of aryl methyl sites for hydroxylation is 3. The van der Waals surface area contributed by atoms with Crippen LogP contribution in [0.2, 0.25) is 0 Å². The molecule has 8 heteroatoms. The molecular weight excluding hydrogens is 755 g/mol. The van der Waals surface area contributed by atoms with Crippen LogP contribution >= 0.6 is 0 Å². The molecular formula is C53H59BN2O5. The third kappa shape index (κ3) is 6.21. The largest absolute Gasteiger partial charge is 0.490 e. The van der Waals surface area contributed by atoms with Crippen LogP contribution in [0.3, 0.4) is 0 Å². The smallest absolute Gasteiger partial charge is 0.257 e. The van der Waals surface area contributed by atoms with Crippen molar-refractivity contribution < 1.29 is 23.4 Å². The van der Waals surface area contributed by atoms with Gasteiger partial charge in [0.15, 0.2) is 23.0 Å². The fourth-order valence-electron chi connectivity index (χ4n) is 10.2. The Morgan fingerprint density at radius 1 is 0.574 bits per heavy atom. The van der Waals surface area contributed by atoms with Gasteiger partial charge in [-0.2, -0.15) is 0 Å². The highest BCUT2D eigenvalue weighted by Gasteiger charge is 2.48. The topological polar surface area (TPSA) is 56.5 Å². The Morgan fingerprint density at radius 2 is 1.16 bits per heavy atom. The molecule has 0 saturated carbocycles. The zero-order valence-corrected chi connectivity index (χ0v) is 38.1. The second-order valence-electron chi connectivity index (χ2n) is 20.2. The average Bonchev–Trinajstić information content (AvgIpc) is 3.31. The summed E-state index contributed by atoms with van der Waals surface area (Å²) < 4.78 is 33.2. The molecule has 4 aliphatic heterocycles. The molecule has 0 aliphatic carbocycles. The minimum atomic E-state index is -0.173. The number of nitrogens with zero attached hydrogens (tertiary/aromatic N) is 2. The van der Waals surface area contributed by atoms with Gasteiger partial charge in [0, 0.05) is 52.4 Å². The van der Waals surface area contributed by atoms with E-state index in [1.165, 1.54) is 50.1 Å². The summed E-state index contributed by atoms with van der Waals surface area (Å²) in [4.78, 5) is 4.96. The van der Waals surface area contributed by atoms with Gasteiger partial charge in [-0.3, -0.25) is 4.90 Å². The van der Waals surface area contributed by atoms with Crippen LogP contribution < -0.4 is 45.1 Å². The summed E-state index contributed by atoms with van der Waals surface area (Å²) in [6, 6.07) is 23.1. The number of rotatable bonds is 3. The summed E-state index contributed by atoms with van der Waals surface area (Å²) in [5.74, 6) is 4.26. The molecule has 5 aromatic carbocycles. The molecule has 0 radical (unpaired) electrons. The van der Waals surface area contributed by atoms with Gasteiger partial charge in [0.1, 0.15) is 5.58 Å². The van der Waals surface area contributed by atoms with Crippen LogP contribution in [-0.4, -0.2) is 33.1 Å². The first-order valence-corrected chi connectivity index (χ1v) is 22.3. The standard InChI is InChI=1S/C53H59BN2O5/c1-29(2)34-24-40-47-41(25-34)56(49-32(5)23-45-50(33(49)6)60-20-14-19-59-45)51-46(37-26-35(52(7,8)9)15-16-42(37)61-51)54(47)38-27-43-44(58-18-13-17-57-43)28-39(38)55(40)48-30(3)21-36(22-31(48)4)53(10,11)12/h15-16,21-29H,13-14,17-20H2,1-12H3. The van der Waals surface area contributed by atoms with Crippen LogP contribution in [0, 0.1) is 27.7 Å². The molecule has 0 spiro atoms. The predicted octanol–water partition coefficient (Wildman–Crippen LogP) is 11.8. The van der Waals surface area contributed by atoms with E-state index in [9.17, 15) is 0 Å². The van der Waals surface area contributed by atoms with Crippen molar-refractivity contribution in [1.29, 1.82) is 0 Å². The van der Waals surface area contributed by atoms with Gasteiger partial charge in [-0.15, -0.1) is 0 Å². The SMILES string of the molecule is Cc1cc(C(C)(C)C)cc(C)c1N1c2cc3c(cc2B2c4c1cc(C(C)C)cc4N(c1c(C)cc4c(c1C)OCCCO4)c1oc4ccc(C(C)(C)C)cc4c12)OCCCO3. The molecule has 10 rings (SSSR count). The van der Waals surface area contributed by atoms with E-state index in [1.54, 1.807) is 0 Å². The van der Waals surface area contributed by atoms with Crippen molar-refractivity contribution in [2.45, 2.75) is 113 Å². The van der Waals surface area contributed by atoms with Gasteiger partial charge in [0.2, 0.25) is 5.88 Å². The van der Waals surface area contributed by atoms with Gasteiger partial charge in [0.25, 0.3) is 6.71 Å². The van der Waals surface area contributed by atoms with E-state index < -0.39 is 0 Å². The van der Waals surface area contributed by atoms with E-state index >= 15 is 0 Å². The third-order valence-corrected chi connectivity index (χ3v) is 13.3. The van der Waals surface area contributed by atoms with Crippen LogP contribution in [0.15, 0.2) is 65.1 Å². The third-order valence-electron chi connectivity index (χ3n) is 13.3. The van der Waals surface area contributed by atoms with E-state index in [1.807, 2.05) is 0 Å². The molecule has 61 heavy (non-hydrogen) atoms. The second kappa shape index (κ2) is 14.0. The van der Waals surface area contributed by atoms with E-state index in [-0.39, 0.29) is 23.5 Å². The summed E-state index contributed by atoms with van der Waals surface area (Å²) in [5.41, 5.74) is 18.4. The number of ether oxygens (including phenoxy) is 4. The molecule has 0 atom stereocenters. The zero-order valence-electron chi connectivity index (χ0n) is 38.1. The number of hydrogen-bond acceptors (Lipinski definition) is 7. The van der Waals surface area contributed by atoms with Crippen LogP contribution in [0.1, 0.15) is 113 Å². The Hall–Kier alpha value is -5.50. The highest BCUT2D eigenvalue weighted by Crippen LogP contribution is 2.53. The lowest BCUT2D eigenvalue weighted by Crippen LogP contribution is -2.61. The van der Waals surface area contributed by atoms with Crippen LogP contribution in [-0.2, 0) is 10.8 Å². The minimum Gasteiger partial charge on any atom is -0.490 e. The Kier molecular flexibility index (Phi) is 9.11. The Balaban J connectivity index is 1.37. The lowest BCUT2D eigenvalue weighted by Gasteiger charge is -2.44. The number of benzene rings is 5. The average molecular weight is 815 g/mol. The molecule has 0 saturated heterocycles. The van der Waals surface area contributed by atoms with Gasteiger partial charge in [-0.1, -0.05) is 73.6 Å². The normalized spacial score (nSPS) is 15.7.